The van der Waals surface area contributed by atoms with Crippen molar-refractivity contribution in [3.05, 3.63) is 23.8 Å². The molecular weight excluding hydrogens is 296 g/mol. The molecule has 0 aliphatic carbocycles. The van der Waals surface area contributed by atoms with Crippen LogP contribution < -0.4 is 15.6 Å². The summed E-state index contributed by atoms with van der Waals surface area (Å²) in [6, 6.07) is 4.84. The second-order valence-electron chi connectivity index (χ2n) is 4.32. The zero-order valence-corrected chi connectivity index (χ0v) is 12.9. The van der Waals surface area contributed by atoms with Crippen LogP contribution in [-0.4, -0.2) is 48.5 Å². The summed E-state index contributed by atoms with van der Waals surface area (Å²) in [5.41, 5.74) is 6.25. The summed E-state index contributed by atoms with van der Waals surface area (Å²) >= 11 is 0. The molecule has 0 saturated carbocycles. The van der Waals surface area contributed by atoms with Crippen molar-refractivity contribution >= 4 is 10.0 Å². The monoisotopic (exact) mass is 318 g/mol. The molecule has 120 valence electrons. The van der Waals surface area contributed by atoms with Gasteiger partial charge in [0.25, 0.3) is 0 Å². The Hall–Kier alpha value is -1.19. The van der Waals surface area contributed by atoms with Crippen molar-refractivity contribution < 1.29 is 22.6 Å². The molecule has 0 saturated heterocycles. The highest BCUT2D eigenvalue weighted by Crippen LogP contribution is 2.24. The molecule has 0 aromatic heterocycles. The van der Waals surface area contributed by atoms with Crippen LogP contribution in [0.2, 0.25) is 0 Å². The van der Waals surface area contributed by atoms with E-state index in [2.05, 4.69) is 0 Å². The number of benzene rings is 1. The van der Waals surface area contributed by atoms with Gasteiger partial charge in [0.15, 0.2) is 0 Å². The van der Waals surface area contributed by atoms with Crippen molar-refractivity contribution in [1.82, 2.24) is 0 Å². The van der Waals surface area contributed by atoms with Crippen LogP contribution in [-0.2, 0) is 25.9 Å². The molecule has 7 nitrogen and oxygen atoms in total. The third-order valence-corrected chi connectivity index (χ3v) is 3.60. The van der Waals surface area contributed by atoms with Crippen LogP contribution in [0.4, 0.5) is 0 Å². The van der Waals surface area contributed by atoms with E-state index in [-0.39, 0.29) is 17.3 Å². The molecular formula is C13H22N2O5S. The molecule has 0 bridgehead atoms. The van der Waals surface area contributed by atoms with E-state index in [1.54, 1.807) is 19.2 Å². The summed E-state index contributed by atoms with van der Waals surface area (Å²) in [7, 11) is -2.27. The largest absolute Gasteiger partial charge is 0.490 e. The molecule has 0 amide bonds. The van der Waals surface area contributed by atoms with E-state index < -0.39 is 10.0 Å². The maximum atomic E-state index is 11.6. The first-order valence-electron chi connectivity index (χ1n) is 6.54. The van der Waals surface area contributed by atoms with Crippen LogP contribution in [0.5, 0.6) is 5.75 Å². The molecule has 0 unspecified atom stereocenters. The normalized spacial score (nSPS) is 11.6. The average molecular weight is 318 g/mol. The Bertz CT molecular complexity index is 533. The summed E-state index contributed by atoms with van der Waals surface area (Å²) in [4.78, 5) is -0.0367. The molecule has 0 aliphatic heterocycles. The van der Waals surface area contributed by atoms with E-state index in [4.69, 9.17) is 25.1 Å². The van der Waals surface area contributed by atoms with Crippen LogP contribution in [0, 0.1) is 0 Å². The van der Waals surface area contributed by atoms with Gasteiger partial charge in [-0.3, -0.25) is 0 Å². The highest BCUT2D eigenvalue weighted by Gasteiger charge is 2.16. The minimum absolute atomic E-state index is 0.0367. The molecule has 1 aromatic rings. The fraction of sp³-hybridized carbons (Fsp3) is 0.538. The van der Waals surface area contributed by atoms with Gasteiger partial charge in [-0.15, -0.1) is 0 Å². The van der Waals surface area contributed by atoms with Crippen molar-refractivity contribution in [3.63, 3.8) is 0 Å². The summed E-state index contributed by atoms with van der Waals surface area (Å²) in [6.45, 7) is 1.94. The van der Waals surface area contributed by atoms with Crippen molar-refractivity contribution in [2.45, 2.75) is 11.3 Å². The van der Waals surface area contributed by atoms with Crippen LogP contribution >= 0.6 is 0 Å². The molecule has 0 heterocycles. The maximum absolute atomic E-state index is 11.6. The Morgan fingerprint density at radius 2 is 1.86 bits per heavy atom. The fourth-order valence-electron chi connectivity index (χ4n) is 1.67. The topological polar surface area (TPSA) is 114 Å². The number of hydrogen-bond acceptors (Lipinski definition) is 6. The van der Waals surface area contributed by atoms with E-state index in [9.17, 15) is 8.42 Å². The number of sulfonamides is 1. The molecule has 1 aromatic carbocycles. The minimum Gasteiger partial charge on any atom is -0.490 e. The lowest BCUT2D eigenvalue weighted by molar-refractivity contribution is 0.0539. The number of nitrogens with two attached hydrogens (primary N) is 2. The second kappa shape index (κ2) is 8.96. The number of primary sulfonamides is 1. The van der Waals surface area contributed by atoms with E-state index in [1.165, 1.54) is 6.07 Å². The lowest BCUT2D eigenvalue weighted by atomic mass is 10.1. The first-order chi connectivity index (χ1) is 9.99. The summed E-state index contributed by atoms with van der Waals surface area (Å²) < 4.78 is 38.7. The predicted molar refractivity (Wildman–Crippen MR) is 78.8 cm³/mol. The number of ether oxygens (including phenoxy) is 3. The smallest absolute Gasteiger partial charge is 0.241 e. The van der Waals surface area contributed by atoms with Crippen LogP contribution in [0.25, 0.3) is 0 Å². The molecule has 1 rings (SSSR count). The zero-order valence-electron chi connectivity index (χ0n) is 12.1. The minimum atomic E-state index is -3.85. The quantitative estimate of drug-likeness (QED) is 0.581. The van der Waals surface area contributed by atoms with Gasteiger partial charge in [-0.2, -0.15) is 0 Å². The van der Waals surface area contributed by atoms with Crippen LogP contribution in [0.15, 0.2) is 23.1 Å². The van der Waals surface area contributed by atoms with Gasteiger partial charge < -0.3 is 19.9 Å². The number of methoxy groups -OCH3 is 1. The SMILES string of the molecule is COCCOCCOc1ccc(CCN)cc1S(N)(=O)=O. The Balaban J connectivity index is 2.68. The van der Waals surface area contributed by atoms with Crippen LogP contribution in [0.1, 0.15) is 5.56 Å². The Morgan fingerprint density at radius 3 is 2.48 bits per heavy atom. The molecule has 21 heavy (non-hydrogen) atoms. The lowest BCUT2D eigenvalue weighted by Crippen LogP contribution is -2.16. The standard InChI is InChI=1S/C13H22N2O5S/c1-18-6-7-19-8-9-20-12-3-2-11(4-5-14)10-13(12)21(15,16)17/h2-3,10H,4-9,14H2,1H3,(H2,15,16,17). The number of hydrogen-bond donors (Lipinski definition) is 2. The average Bonchev–Trinajstić information content (AvgIpc) is 2.43. The van der Waals surface area contributed by atoms with E-state index in [0.717, 1.165) is 5.56 Å². The van der Waals surface area contributed by atoms with Gasteiger partial charge in [0.05, 0.1) is 19.8 Å². The van der Waals surface area contributed by atoms with E-state index in [1.807, 2.05) is 0 Å². The van der Waals surface area contributed by atoms with Gasteiger partial charge in [0, 0.05) is 7.11 Å². The Morgan fingerprint density at radius 1 is 1.14 bits per heavy atom. The van der Waals surface area contributed by atoms with Gasteiger partial charge >= 0.3 is 0 Å². The second-order valence-corrected chi connectivity index (χ2v) is 5.85. The van der Waals surface area contributed by atoms with Gasteiger partial charge in [-0.1, -0.05) is 6.07 Å². The maximum Gasteiger partial charge on any atom is 0.241 e. The van der Waals surface area contributed by atoms with E-state index >= 15 is 0 Å². The summed E-state index contributed by atoms with van der Waals surface area (Å²) in [6.07, 6.45) is 0.572. The van der Waals surface area contributed by atoms with Gasteiger partial charge in [-0.05, 0) is 30.7 Å². The Labute approximate surface area is 125 Å². The first kappa shape index (κ1) is 17.9. The summed E-state index contributed by atoms with van der Waals surface area (Å²) in [5.74, 6) is 0.216. The zero-order chi connectivity index (χ0) is 15.7. The number of rotatable bonds is 10. The summed E-state index contributed by atoms with van der Waals surface area (Å²) in [5, 5.41) is 5.21. The molecule has 4 N–H and O–H groups in total. The third-order valence-electron chi connectivity index (χ3n) is 2.66. The predicted octanol–water partition coefficient (Wildman–Crippen LogP) is -0.123. The molecule has 0 atom stereocenters. The van der Waals surface area contributed by atoms with Crippen molar-refractivity contribution in [2.24, 2.45) is 10.9 Å². The molecule has 0 aliphatic rings. The van der Waals surface area contributed by atoms with Crippen molar-refractivity contribution in [1.29, 1.82) is 0 Å². The van der Waals surface area contributed by atoms with Gasteiger partial charge in [0.2, 0.25) is 10.0 Å². The highest BCUT2D eigenvalue weighted by atomic mass is 32.2. The van der Waals surface area contributed by atoms with Crippen molar-refractivity contribution in [3.8, 4) is 5.75 Å². The molecule has 0 radical (unpaired) electrons. The molecule has 8 heteroatoms. The molecule has 0 fully saturated rings. The van der Waals surface area contributed by atoms with E-state index in [0.29, 0.717) is 32.8 Å². The fourth-order valence-corrected chi connectivity index (χ4v) is 2.39. The Kier molecular flexibility index (Phi) is 7.62. The highest BCUT2D eigenvalue weighted by molar-refractivity contribution is 7.89. The molecule has 0 spiro atoms. The van der Waals surface area contributed by atoms with Gasteiger partial charge in [0.1, 0.15) is 17.3 Å². The van der Waals surface area contributed by atoms with Gasteiger partial charge in [-0.25, -0.2) is 13.6 Å². The lowest BCUT2D eigenvalue weighted by Gasteiger charge is -2.12. The third kappa shape index (κ3) is 6.40. The van der Waals surface area contributed by atoms with Crippen LogP contribution in [0.3, 0.4) is 0 Å². The first-order valence-corrected chi connectivity index (χ1v) is 8.09. The van der Waals surface area contributed by atoms with Crippen molar-refractivity contribution in [2.75, 3.05) is 40.1 Å².